The number of nitrogens with one attached hydrogen (secondary N) is 1. The van der Waals surface area contributed by atoms with Gasteiger partial charge in [-0.25, -0.2) is 0 Å². The van der Waals surface area contributed by atoms with Gasteiger partial charge in [0.1, 0.15) is 0 Å². The van der Waals surface area contributed by atoms with Gasteiger partial charge in [0.15, 0.2) is 5.17 Å². The number of carbonyl (C=O) groups excluding carboxylic acids is 1. The Morgan fingerprint density at radius 1 is 1.37 bits per heavy atom. The number of rotatable bonds is 5. The fourth-order valence-electron chi connectivity index (χ4n) is 1.72. The highest BCUT2D eigenvalue weighted by Gasteiger charge is 2.29. The van der Waals surface area contributed by atoms with E-state index in [2.05, 4.69) is 22.4 Å². The van der Waals surface area contributed by atoms with Crippen molar-refractivity contribution in [3.05, 3.63) is 35.9 Å². The van der Waals surface area contributed by atoms with Crippen LogP contribution in [0.4, 0.5) is 0 Å². The van der Waals surface area contributed by atoms with Gasteiger partial charge in [0.05, 0.1) is 11.5 Å². The molecule has 1 aromatic carbocycles. The lowest BCUT2D eigenvalue weighted by atomic mass is 10.2. The van der Waals surface area contributed by atoms with E-state index in [0.29, 0.717) is 5.17 Å². The van der Waals surface area contributed by atoms with E-state index in [0.717, 1.165) is 24.8 Å². The van der Waals surface area contributed by atoms with Crippen molar-refractivity contribution < 1.29 is 4.79 Å². The summed E-state index contributed by atoms with van der Waals surface area (Å²) in [4.78, 5) is 11.7. The number of hydrogen-bond acceptors (Lipinski definition) is 4. The largest absolute Gasteiger partial charge is 0.303 e. The third-order valence-corrected chi connectivity index (χ3v) is 3.89. The Kier molecular flexibility index (Phi) is 5.15. The molecular formula is C14H17N3OS. The summed E-state index contributed by atoms with van der Waals surface area (Å²) in [6.45, 7) is 2.12. The fourth-order valence-corrected chi connectivity index (χ4v) is 2.69. The van der Waals surface area contributed by atoms with Crippen molar-refractivity contribution >= 4 is 29.1 Å². The molecular weight excluding hydrogens is 258 g/mol. The van der Waals surface area contributed by atoms with E-state index in [1.165, 1.54) is 11.8 Å². The molecule has 0 spiro atoms. The van der Waals surface area contributed by atoms with E-state index >= 15 is 0 Å². The molecule has 0 aliphatic carbocycles. The first-order chi connectivity index (χ1) is 9.29. The fraction of sp³-hybridized carbons (Fsp3) is 0.357. The molecule has 5 heteroatoms. The average molecular weight is 275 g/mol. The van der Waals surface area contributed by atoms with Crippen molar-refractivity contribution in [1.29, 1.82) is 0 Å². The summed E-state index contributed by atoms with van der Waals surface area (Å²) >= 11 is 1.47. The minimum atomic E-state index is -0.00868. The van der Waals surface area contributed by atoms with E-state index in [1.807, 2.05) is 30.3 Å². The summed E-state index contributed by atoms with van der Waals surface area (Å²) < 4.78 is 0. The second kappa shape index (κ2) is 7.09. The number of carbonyl (C=O) groups is 1. The highest BCUT2D eigenvalue weighted by Crippen LogP contribution is 2.23. The molecule has 0 bridgehead atoms. The van der Waals surface area contributed by atoms with Crippen LogP contribution in [0.15, 0.2) is 40.5 Å². The van der Waals surface area contributed by atoms with Crippen molar-refractivity contribution in [3.63, 3.8) is 0 Å². The van der Waals surface area contributed by atoms with Crippen LogP contribution in [0.3, 0.4) is 0 Å². The Balaban J connectivity index is 1.91. The van der Waals surface area contributed by atoms with E-state index in [1.54, 1.807) is 6.21 Å². The number of thioether (sulfide) groups is 1. The smallest absolute Gasteiger partial charge is 0.239 e. The first kappa shape index (κ1) is 13.8. The number of hydrogen-bond donors (Lipinski definition) is 1. The highest BCUT2D eigenvalue weighted by atomic mass is 32.2. The zero-order valence-corrected chi connectivity index (χ0v) is 11.7. The normalized spacial score (nSPS) is 21.2. The number of nitrogens with zero attached hydrogens (tertiary/aromatic N) is 2. The molecule has 100 valence electrons. The van der Waals surface area contributed by atoms with Crippen LogP contribution >= 0.6 is 11.8 Å². The molecule has 19 heavy (non-hydrogen) atoms. The molecule has 1 unspecified atom stereocenters. The van der Waals surface area contributed by atoms with Crippen LogP contribution in [-0.4, -0.2) is 22.5 Å². The summed E-state index contributed by atoms with van der Waals surface area (Å²) in [7, 11) is 0. The third kappa shape index (κ3) is 4.21. The van der Waals surface area contributed by atoms with Crippen molar-refractivity contribution in [2.24, 2.45) is 10.2 Å². The minimum Gasteiger partial charge on any atom is -0.303 e. The Morgan fingerprint density at radius 3 is 2.89 bits per heavy atom. The summed E-state index contributed by atoms with van der Waals surface area (Å²) in [5.74, 6) is 0.0483. The van der Waals surface area contributed by atoms with Crippen molar-refractivity contribution in [3.8, 4) is 0 Å². The summed E-state index contributed by atoms with van der Waals surface area (Å²) in [6.07, 6.45) is 4.74. The lowest BCUT2D eigenvalue weighted by molar-refractivity contribution is -0.118. The van der Waals surface area contributed by atoms with Gasteiger partial charge in [-0.05, 0) is 12.0 Å². The Hall–Kier alpha value is -1.62. The molecule has 0 saturated carbocycles. The van der Waals surface area contributed by atoms with Gasteiger partial charge >= 0.3 is 0 Å². The van der Waals surface area contributed by atoms with E-state index in [4.69, 9.17) is 0 Å². The molecule has 2 rings (SSSR count). The second-order valence-corrected chi connectivity index (χ2v) is 5.49. The predicted molar refractivity (Wildman–Crippen MR) is 80.5 cm³/mol. The van der Waals surface area contributed by atoms with E-state index < -0.39 is 0 Å². The van der Waals surface area contributed by atoms with Crippen molar-refractivity contribution in [2.75, 3.05) is 0 Å². The molecule has 1 saturated heterocycles. The quantitative estimate of drug-likeness (QED) is 0.663. The van der Waals surface area contributed by atoms with Gasteiger partial charge in [0, 0.05) is 0 Å². The van der Waals surface area contributed by atoms with Gasteiger partial charge in [0.2, 0.25) is 5.91 Å². The zero-order chi connectivity index (χ0) is 13.5. The molecule has 1 heterocycles. The van der Waals surface area contributed by atoms with Gasteiger partial charge in [0.25, 0.3) is 0 Å². The molecule has 1 aliphatic heterocycles. The lowest BCUT2D eigenvalue weighted by Crippen LogP contribution is -2.24. The SMILES string of the molecule is CCCCC1S/C(=N\N=C\c2ccccc2)NC1=O. The average Bonchev–Trinajstić information content (AvgIpc) is 2.78. The molecule has 4 nitrogen and oxygen atoms in total. The number of benzene rings is 1. The van der Waals surface area contributed by atoms with Gasteiger partial charge in [-0.2, -0.15) is 5.10 Å². The van der Waals surface area contributed by atoms with Crippen LogP contribution in [0, 0.1) is 0 Å². The molecule has 1 aromatic rings. The summed E-state index contributed by atoms with van der Waals surface area (Å²) in [5, 5.41) is 11.4. The molecule has 1 N–H and O–H groups in total. The van der Waals surface area contributed by atoms with Crippen molar-refractivity contribution in [1.82, 2.24) is 5.32 Å². The maximum absolute atomic E-state index is 11.7. The van der Waals surface area contributed by atoms with Crippen LogP contribution in [0.2, 0.25) is 0 Å². The standard InChI is InChI=1S/C14H17N3OS/c1-2-3-9-12-13(18)16-14(19-12)17-15-10-11-7-5-4-6-8-11/h4-8,10,12H,2-3,9H2,1H3,(H,16,17,18)/b15-10+. The maximum Gasteiger partial charge on any atom is 0.239 e. The van der Waals surface area contributed by atoms with Crippen molar-refractivity contribution in [2.45, 2.75) is 31.4 Å². The molecule has 1 fully saturated rings. The monoisotopic (exact) mass is 275 g/mol. The van der Waals surface area contributed by atoms with Gasteiger partial charge in [-0.1, -0.05) is 61.9 Å². The second-order valence-electron chi connectivity index (χ2n) is 4.30. The van der Waals surface area contributed by atoms with Crippen LogP contribution in [-0.2, 0) is 4.79 Å². The van der Waals surface area contributed by atoms with Crippen LogP contribution < -0.4 is 5.32 Å². The van der Waals surface area contributed by atoms with Gasteiger partial charge < -0.3 is 5.32 Å². The maximum atomic E-state index is 11.7. The minimum absolute atomic E-state index is 0.00868. The number of amides is 1. The Labute approximate surface area is 117 Å². The summed E-state index contributed by atoms with van der Waals surface area (Å²) in [5.41, 5.74) is 0.990. The molecule has 0 aromatic heterocycles. The highest BCUT2D eigenvalue weighted by molar-refractivity contribution is 8.15. The van der Waals surface area contributed by atoms with Crippen LogP contribution in [0.1, 0.15) is 31.7 Å². The van der Waals surface area contributed by atoms with E-state index in [9.17, 15) is 4.79 Å². The predicted octanol–water partition coefficient (Wildman–Crippen LogP) is 2.80. The van der Waals surface area contributed by atoms with Crippen LogP contribution in [0.5, 0.6) is 0 Å². The topological polar surface area (TPSA) is 53.8 Å². The van der Waals surface area contributed by atoms with E-state index in [-0.39, 0.29) is 11.2 Å². The molecule has 1 aliphatic rings. The van der Waals surface area contributed by atoms with Gasteiger partial charge in [-0.3, -0.25) is 4.79 Å². The Bertz CT molecular complexity index is 485. The van der Waals surface area contributed by atoms with Gasteiger partial charge in [-0.15, -0.1) is 5.10 Å². The molecule has 1 amide bonds. The van der Waals surface area contributed by atoms with Crippen LogP contribution in [0.25, 0.3) is 0 Å². The first-order valence-electron chi connectivity index (χ1n) is 6.43. The lowest BCUT2D eigenvalue weighted by Gasteiger charge is -2.01. The number of unbranched alkanes of at least 4 members (excludes halogenated alkanes) is 1. The molecule has 1 atom stereocenters. The molecule has 0 radical (unpaired) electrons. The third-order valence-electron chi connectivity index (χ3n) is 2.75. The Morgan fingerprint density at radius 2 is 2.16 bits per heavy atom. The zero-order valence-electron chi connectivity index (χ0n) is 10.9. The number of amidine groups is 1. The summed E-state index contributed by atoms with van der Waals surface area (Å²) in [6, 6.07) is 9.75. The first-order valence-corrected chi connectivity index (χ1v) is 7.31.